The lowest BCUT2D eigenvalue weighted by Gasteiger charge is -2.11. The van der Waals surface area contributed by atoms with Crippen LogP contribution in [0.5, 0.6) is 0 Å². The third kappa shape index (κ3) is 1.35. The first kappa shape index (κ1) is 10.9. The number of nitrogens with zero attached hydrogens (tertiary/aromatic N) is 5. The number of pyridine rings is 1. The molecule has 6 heteroatoms. The van der Waals surface area contributed by atoms with Gasteiger partial charge in [0.15, 0.2) is 0 Å². The number of fused-ring (bicyclic) bond motifs is 3. The molecule has 0 aliphatic heterocycles. The summed E-state index contributed by atoms with van der Waals surface area (Å²) in [6, 6.07) is 2.00. The van der Waals surface area contributed by atoms with Crippen LogP contribution in [0, 0.1) is 6.92 Å². The van der Waals surface area contributed by atoms with E-state index in [0.29, 0.717) is 16.9 Å². The molecule has 0 aliphatic rings. The molecule has 0 saturated heterocycles. The minimum absolute atomic E-state index is 0.0371. The summed E-state index contributed by atoms with van der Waals surface area (Å²) in [5.74, 6) is 0.515. The first-order valence-corrected chi connectivity index (χ1v) is 5.81. The molecule has 0 fully saturated rings. The summed E-state index contributed by atoms with van der Waals surface area (Å²) in [5.41, 5.74) is 1.40. The third-order valence-electron chi connectivity index (χ3n) is 3.04. The van der Waals surface area contributed by atoms with Crippen LogP contribution >= 0.6 is 0 Å². The Hall–Kier alpha value is -2.24. The number of aryl methyl sites for hydroxylation is 1. The maximum absolute atomic E-state index is 12.4. The lowest BCUT2D eigenvalue weighted by molar-refractivity contribution is 0.582. The van der Waals surface area contributed by atoms with Crippen LogP contribution in [0.25, 0.3) is 16.7 Å². The van der Waals surface area contributed by atoms with Crippen LogP contribution in [-0.4, -0.2) is 24.1 Å². The van der Waals surface area contributed by atoms with Gasteiger partial charge in [-0.05, 0) is 26.8 Å². The molecule has 3 rings (SSSR count). The molecule has 0 saturated carbocycles. The fourth-order valence-corrected chi connectivity index (χ4v) is 2.15. The average Bonchev–Trinajstić information content (AvgIpc) is 2.76. The molecule has 0 atom stereocenters. The summed E-state index contributed by atoms with van der Waals surface area (Å²) in [6.07, 6.45) is 3.23. The summed E-state index contributed by atoms with van der Waals surface area (Å²) in [5, 5.41) is 4.70. The molecule has 0 radical (unpaired) electrons. The van der Waals surface area contributed by atoms with Gasteiger partial charge >= 0.3 is 0 Å². The maximum atomic E-state index is 12.4. The van der Waals surface area contributed by atoms with Gasteiger partial charge in [-0.15, -0.1) is 0 Å². The Labute approximate surface area is 103 Å². The largest absolute Gasteiger partial charge is 0.312 e. The molecule has 3 aromatic rings. The highest BCUT2D eigenvalue weighted by molar-refractivity contribution is 5.81. The fraction of sp³-hybridized carbons (Fsp3) is 0.333. The van der Waals surface area contributed by atoms with Crippen molar-refractivity contribution < 1.29 is 0 Å². The minimum atomic E-state index is -0.0371. The van der Waals surface area contributed by atoms with Crippen molar-refractivity contribution in [2.75, 3.05) is 0 Å². The molecule has 0 N–H and O–H groups in total. The summed E-state index contributed by atoms with van der Waals surface area (Å²) >= 11 is 0. The summed E-state index contributed by atoms with van der Waals surface area (Å²) in [6.45, 7) is 5.77. The van der Waals surface area contributed by atoms with Crippen molar-refractivity contribution in [2.24, 2.45) is 0 Å². The maximum Gasteiger partial charge on any atom is 0.262 e. The molecule has 0 amide bonds. The van der Waals surface area contributed by atoms with Crippen molar-refractivity contribution in [3.05, 3.63) is 34.6 Å². The lowest BCUT2D eigenvalue weighted by atomic mass is 10.2. The van der Waals surface area contributed by atoms with E-state index in [4.69, 9.17) is 0 Å². The van der Waals surface area contributed by atoms with Gasteiger partial charge in [-0.2, -0.15) is 14.6 Å². The molecule has 18 heavy (non-hydrogen) atoms. The van der Waals surface area contributed by atoms with E-state index in [2.05, 4.69) is 15.1 Å². The van der Waals surface area contributed by atoms with E-state index in [-0.39, 0.29) is 11.6 Å². The van der Waals surface area contributed by atoms with Crippen molar-refractivity contribution in [2.45, 2.75) is 26.8 Å². The predicted molar refractivity (Wildman–Crippen MR) is 67.7 cm³/mol. The van der Waals surface area contributed by atoms with Crippen LogP contribution in [-0.2, 0) is 0 Å². The topological polar surface area (TPSA) is 65.1 Å². The number of rotatable bonds is 1. The van der Waals surface area contributed by atoms with E-state index < -0.39 is 0 Å². The normalized spacial score (nSPS) is 11.8. The van der Waals surface area contributed by atoms with Gasteiger partial charge in [-0.3, -0.25) is 4.79 Å². The first-order valence-electron chi connectivity index (χ1n) is 5.81. The van der Waals surface area contributed by atoms with E-state index in [1.165, 1.54) is 6.33 Å². The van der Waals surface area contributed by atoms with Gasteiger partial charge in [0.2, 0.25) is 0 Å². The summed E-state index contributed by atoms with van der Waals surface area (Å²) in [4.78, 5) is 20.8. The van der Waals surface area contributed by atoms with Crippen LogP contribution in [0.4, 0.5) is 0 Å². The van der Waals surface area contributed by atoms with Gasteiger partial charge in [0, 0.05) is 12.2 Å². The highest BCUT2D eigenvalue weighted by atomic mass is 16.1. The molecule has 6 nitrogen and oxygen atoms in total. The molecular weight excluding hydrogens is 230 g/mol. The van der Waals surface area contributed by atoms with Gasteiger partial charge < -0.3 is 4.57 Å². The molecule has 0 aliphatic carbocycles. The van der Waals surface area contributed by atoms with Crippen molar-refractivity contribution in [1.82, 2.24) is 24.1 Å². The third-order valence-corrected chi connectivity index (χ3v) is 3.04. The van der Waals surface area contributed by atoms with Gasteiger partial charge in [0.25, 0.3) is 11.3 Å². The van der Waals surface area contributed by atoms with Crippen LogP contribution in [0.15, 0.2) is 23.4 Å². The molecule has 92 valence electrons. The zero-order valence-corrected chi connectivity index (χ0v) is 10.5. The molecule has 0 bridgehead atoms. The minimum Gasteiger partial charge on any atom is -0.312 e. The Morgan fingerprint density at radius 3 is 2.83 bits per heavy atom. The molecule has 0 unspecified atom stereocenters. The highest BCUT2D eigenvalue weighted by Gasteiger charge is 2.12. The Kier molecular flexibility index (Phi) is 2.19. The van der Waals surface area contributed by atoms with Gasteiger partial charge in [0.05, 0.1) is 16.6 Å². The summed E-state index contributed by atoms with van der Waals surface area (Å²) in [7, 11) is 0. The van der Waals surface area contributed by atoms with Crippen molar-refractivity contribution >= 4 is 16.7 Å². The Balaban J connectivity index is 2.56. The van der Waals surface area contributed by atoms with Gasteiger partial charge in [-0.1, -0.05) is 0 Å². The Morgan fingerprint density at radius 1 is 1.33 bits per heavy atom. The molecule has 0 aromatic carbocycles. The molecule has 3 heterocycles. The number of hydrogen-bond donors (Lipinski definition) is 0. The second-order valence-corrected chi connectivity index (χ2v) is 4.55. The first-order chi connectivity index (χ1) is 8.59. The quantitative estimate of drug-likeness (QED) is 0.646. The number of hydrogen-bond acceptors (Lipinski definition) is 4. The van der Waals surface area contributed by atoms with Gasteiger partial charge in [-0.25, -0.2) is 4.98 Å². The van der Waals surface area contributed by atoms with Gasteiger partial charge in [0.1, 0.15) is 6.33 Å². The fourth-order valence-electron chi connectivity index (χ4n) is 2.15. The second-order valence-electron chi connectivity index (χ2n) is 4.55. The van der Waals surface area contributed by atoms with Crippen LogP contribution < -0.4 is 5.56 Å². The molecule has 3 aromatic heterocycles. The van der Waals surface area contributed by atoms with E-state index in [1.807, 2.05) is 26.8 Å². The molecular formula is C12H13N5O. The Bertz CT molecular complexity index is 799. The Morgan fingerprint density at radius 2 is 2.11 bits per heavy atom. The lowest BCUT2D eigenvalue weighted by Crippen LogP contribution is -2.23. The van der Waals surface area contributed by atoms with Crippen molar-refractivity contribution in [3.8, 4) is 0 Å². The average molecular weight is 243 g/mol. The van der Waals surface area contributed by atoms with Crippen LogP contribution in [0.3, 0.4) is 0 Å². The van der Waals surface area contributed by atoms with Crippen LogP contribution in [0.2, 0.25) is 0 Å². The SMILES string of the molecule is Cc1nc2ncnn2c2ccn(C(C)C)c(=O)c12. The highest BCUT2D eigenvalue weighted by Crippen LogP contribution is 2.14. The standard InChI is InChI=1S/C12H13N5O/c1-7(2)16-5-4-9-10(11(16)18)8(3)15-12-13-6-14-17(9)12/h4-7H,1-3H3. The van der Waals surface area contributed by atoms with E-state index in [9.17, 15) is 4.79 Å². The zero-order valence-electron chi connectivity index (χ0n) is 10.5. The van der Waals surface area contributed by atoms with Crippen molar-refractivity contribution in [3.63, 3.8) is 0 Å². The van der Waals surface area contributed by atoms with Crippen molar-refractivity contribution in [1.29, 1.82) is 0 Å². The van der Waals surface area contributed by atoms with E-state index >= 15 is 0 Å². The molecule has 0 spiro atoms. The van der Waals surface area contributed by atoms with E-state index in [0.717, 1.165) is 5.52 Å². The second kappa shape index (κ2) is 3.63. The van der Waals surface area contributed by atoms with E-state index in [1.54, 1.807) is 15.3 Å². The monoisotopic (exact) mass is 243 g/mol. The number of aromatic nitrogens is 5. The summed E-state index contributed by atoms with van der Waals surface area (Å²) < 4.78 is 3.29. The zero-order chi connectivity index (χ0) is 12.9. The smallest absolute Gasteiger partial charge is 0.262 e. The van der Waals surface area contributed by atoms with Crippen LogP contribution in [0.1, 0.15) is 25.6 Å². The predicted octanol–water partition coefficient (Wildman–Crippen LogP) is 1.33.